The number of aliphatic hydroxyl groups is 1. The maximum Gasteiger partial charge on any atom is 0.460 e. The lowest BCUT2D eigenvalue weighted by Gasteiger charge is -2.43. The molecule has 3 atom stereocenters. The van der Waals surface area contributed by atoms with Crippen molar-refractivity contribution in [1.29, 1.82) is 0 Å². The van der Waals surface area contributed by atoms with Crippen LogP contribution in [0.2, 0.25) is 0 Å². The van der Waals surface area contributed by atoms with Crippen molar-refractivity contribution in [2.45, 2.75) is 179 Å². The third-order valence-electron chi connectivity index (χ3n) is 11.7. The summed E-state index contributed by atoms with van der Waals surface area (Å²) in [6.45, 7) is -2.85. The minimum atomic E-state index is -9.45. The molecule has 0 bridgehead atoms. The van der Waals surface area contributed by atoms with E-state index in [9.17, 15) is 242 Å². The third-order valence-corrected chi connectivity index (χ3v) is 15.6. The van der Waals surface area contributed by atoms with Crippen LogP contribution >= 0.6 is 35.3 Å². The molecular weight excluding hydrogens is 1560 g/mol. The third kappa shape index (κ3) is 13.7. The zero-order valence-corrected chi connectivity index (χ0v) is 43.7. The first-order chi connectivity index (χ1) is 39.6. The first-order valence-electron chi connectivity index (χ1n) is 21.1. The van der Waals surface area contributed by atoms with Crippen molar-refractivity contribution in [1.82, 2.24) is 0 Å². The van der Waals surface area contributed by atoms with E-state index in [1.165, 1.54) is 0 Å². The van der Waals surface area contributed by atoms with E-state index in [0.717, 1.165) is 0 Å². The van der Waals surface area contributed by atoms with Gasteiger partial charge in [0.2, 0.25) is 0 Å². The van der Waals surface area contributed by atoms with Crippen LogP contribution in [0.4, 0.5) is 237 Å². The van der Waals surface area contributed by atoms with Crippen molar-refractivity contribution in [2.24, 2.45) is 5.41 Å². The Hall–Kier alpha value is -2.77. The predicted molar refractivity (Wildman–Crippen MR) is 197 cm³/mol. The van der Waals surface area contributed by atoms with Crippen molar-refractivity contribution in [2.75, 3.05) is 23.9 Å². The fourth-order valence-electron chi connectivity index (χ4n) is 5.82. The quantitative estimate of drug-likeness (QED) is 0.0648. The molecule has 0 aromatic carbocycles. The average Bonchev–Trinajstić information content (AvgIpc) is 0.709. The van der Waals surface area contributed by atoms with E-state index in [1.54, 1.807) is 0 Å². The Bertz CT molecular complexity index is 2240. The molecule has 0 aliphatic rings. The lowest BCUT2D eigenvalue weighted by Crippen LogP contribution is -2.74. The Balaban J connectivity index is 7.87. The SMILES string of the molecule is OCC(CSC(F)CC(F)(F)C(F)(F)C(F)(F)C(F)(F)C(F)(F)C(F)(F)C(F)(F)C(F)(F)F)(CSC(F)CC(F)(F)C(F)(F)C(F)(F)C(F)(F)C(F)(F)C(F)(F)C(F)(F)C(F)(F)F)CSC(F)CC(F)(F)C(F)(F)C(F)(F)C(F)(F)C(F)(F)C(F)(F)C(F)(F)C(F)(F)F. The average molecular weight is 1580 g/mol. The van der Waals surface area contributed by atoms with Crippen molar-refractivity contribution in [3.8, 4) is 0 Å². The standard InChI is InChI=1S/C35H18F54OS3/c36-8(1-12(39,40)15(45,46)18(51,52)21(57,58)24(63,64)27(69,70)30(75,76)33(81,82)83)91-5-11(4-90,6-92-9(37)2-13(41,42)16(47,48)19(53,54)22(59,60)25(65,66)28(71,72)31(77,78)34(84,85)86)7-93-10(38)3-14(43,44)17(49,50)20(55,56)23(61,62)26(67,68)29(73,74)32(79,80)35(87,88)89/h8-10,90H,1-7H2. The molecule has 560 valence electrons. The van der Waals surface area contributed by atoms with Crippen molar-refractivity contribution >= 4 is 35.3 Å². The van der Waals surface area contributed by atoms with Crippen LogP contribution < -0.4 is 0 Å². The summed E-state index contributed by atoms with van der Waals surface area (Å²) in [6, 6.07) is 0. The maximum atomic E-state index is 14.9. The summed E-state index contributed by atoms with van der Waals surface area (Å²) in [6.07, 6.45) is -38.1. The second kappa shape index (κ2) is 25.1. The summed E-state index contributed by atoms with van der Waals surface area (Å²) in [7, 11) is 0. The number of hydrogen-bond acceptors (Lipinski definition) is 4. The second-order valence-corrected chi connectivity index (χ2v) is 21.8. The van der Waals surface area contributed by atoms with Crippen LogP contribution in [0.1, 0.15) is 19.3 Å². The van der Waals surface area contributed by atoms with Gasteiger partial charge in [0.15, 0.2) is 16.5 Å². The van der Waals surface area contributed by atoms with Gasteiger partial charge in [0.25, 0.3) is 0 Å². The molecule has 0 radical (unpaired) electrons. The predicted octanol–water partition coefficient (Wildman–Crippen LogP) is 20.3. The van der Waals surface area contributed by atoms with E-state index in [1.807, 2.05) is 0 Å². The number of rotatable bonds is 34. The molecule has 0 aliphatic carbocycles. The Morgan fingerprint density at radius 3 is 0.430 bits per heavy atom. The zero-order chi connectivity index (χ0) is 76.3. The van der Waals surface area contributed by atoms with E-state index in [4.69, 9.17) is 0 Å². The van der Waals surface area contributed by atoms with E-state index < -0.39 is 243 Å². The topological polar surface area (TPSA) is 20.2 Å². The number of aliphatic hydroxyl groups excluding tert-OH is 1. The summed E-state index contributed by atoms with van der Waals surface area (Å²) >= 11 is -5.70. The van der Waals surface area contributed by atoms with Crippen LogP contribution in [-0.4, -0.2) is 188 Å². The largest absolute Gasteiger partial charge is 0.460 e. The summed E-state index contributed by atoms with van der Waals surface area (Å²) in [5, 5.41) is 9.81. The second-order valence-electron chi connectivity index (χ2n) is 18.4. The maximum absolute atomic E-state index is 14.9. The van der Waals surface area contributed by atoms with Gasteiger partial charge in [-0.25, -0.2) is 13.2 Å². The van der Waals surface area contributed by atoms with Gasteiger partial charge in [-0.3, -0.25) is 0 Å². The Morgan fingerprint density at radius 2 is 0.312 bits per heavy atom. The fourth-order valence-corrected chi connectivity index (χ4v) is 9.68. The Kier molecular flexibility index (Phi) is 24.4. The van der Waals surface area contributed by atoms with Crippen LogP contribution in [0.15, 0.2) is 0 Å². The van der Waals surface area contributed by atoms with Crippen LogP contribution in [0, 0.1) is 5.41 Å². The zero-order valence-electron chi connectivity index (χ0n) is 41.3. The molecular formula is C35H18F54OS3. The summed E-state index contributed by atoms with van der Waals surface area (Å²) in [5.74, 6) is -197. The minimum absolute atomic E-state index is 1.90. The van der Waals surface area contributed by atoms with Gasteiger partial charge in [-0.2, -0.15) is 224 Å². The summed E-state index contributed by atoms with van der Waals surface area (Å²) in [5.41, 5.74) is -18.7. The molecule has 0 heterocycles. The first-order valence-corrected chi connectivity index (χ1v) is 24.3. The van der Waals surface area contributed by atoms with Gasteiger partial charge < -0.3 is 5.11 Å². The van der Waals surface area contributed by atoms with E-state index in [2.05, 4.69) is 0 Å². The Morgan fingerprint density at radius 1 is 0.194 bits per heavy atom. The molecule has 0 amide bonds. The molecule has 0 aromatic heterocycles. The number of hydrogen-bond donors (Lipinski definition) is 1. The van der Waals surface area contributed by atoms with E-state index in [0.29, 0.717) is 0 Å². The molecule has 1 nitrogen and oxygen atoms in total. The number of halogens is 54. The van der Waals surface area contributed by atoms with Gasteiger partial charge >= 0.3 is 143 Å². The highest BCUT2D eigenvalue weighted by molar-refractivity contribution is 8.01. The van der Waals surface area contributed by atoms with Crippen LogP contribution in [0.25, 0.3) is 0 Å². The van der Waals surface area contributed by atoms with Crippen LogP contribution in [-0.2, 0) is 0 Å². The molecule has 1 N–H and O–H groups in total. The van der Waals surface area contributed by atoms with Crippen molar-refractivity contribution in [3.05, 3.63) is 0 Å². The lowest BCUT2D eigenvalue weighted by molar-refractivity contribution is -0.462. The van der Waals surface area contributed by atoms with Crippen LogP contribution in [0.3, 0.4) is 0 Å². The highest BCUT2D eigenvalue weighted by Crippen LogP contribution is 2.69. The molecule has 0 saturated heterocycles. The molecule has 0 rings (SSSR count). The monoisotopic (exact) mass is 1580 g/mol. The molecule has 0 aliphatic heterocycles. The lowest BCUT2D eigenvalue weighted by atomic mass is 9.88. The van der Waals surface area contributed by atoms with Crippen LogP contribution in [0.5, 0.6) is 0 Å². The number of thioether (sulfide) groups is 3. The normalized spacial score (nSPS) is 18.2. The number of alkyl halides is 54. The van der Waals surface area contributed by atoms with Gasteiger partial charge in [-0.1, -0.05) is 0 Å². The first kappa shape index (κ1) is 90.2. The molecule has 58 heteroatoms. The van der Waals surface area contributed by atoms with E-state index >= 15 is 0 Å². The molecule has 3 unspecified atom stereocenters. The highest BCUT2D eigenvalue weighted by atomic mass is 32.2. The van der Waals surface area contributed by atoms with E-state index in [-0.39, 0.29) is 0 Å². The Labute approximate surface area is 485 Å². The van der Waals surface area contributed by atoms with Crippen molar-refractivity contribution in [3.63, 3.8) is 0 Å². The van der Waals surface area contributed by atoms with Gasteiger partial charge in [-0.05, 0) is 0 Å². The smallest absolute Gasteiger partial charge is 0.396 e. The summed E-state index contributed by atoms with van der Waals surface area (Å²) in [4.78, 5) is 0. The fraction of sp³-hybridized carbons (Fsp3) is 1.00. The molecule has 0 spiro atoms. The molecule has 0 saturated carbocycles. The van der Waals surface area contributed by atoms with Gasteiger partial charge in [0.05, 0.1) is 25.9 Å². The summed E-state index contributed by atoms with van der Waals surface area (Å²) < 4.78 is 742. The molecule has 0 fully saturated rings. The van der Waals surface area contributed by atoms with Gasteiger partial charge in [-0.15, -0.1) is 35.3 Å². The molecule has 0 aromatic rings. The minimum Gasteiger partial charge on any atom is -0.396 e. The molecule has 93 heavy (non-hydrogen) atoms. The van der Waals surface area contributed by atoms with Gasteiger partial charge in [0.1, 0.15) is 0 Å². The van der Waals surface area contributed by atoms with Crippen molar-refractivity contribution < 1.29 is 242 Å². The highest BCUT2D eigenvalue weighted by Gasteiger charge is 2.99. The van der Waals surface area contributed by atoms with Gasteiger partial charge in [0, 0.05) is 22.7 Å².